The molecule has 0 aliphatic heterocycles. The van der Waals surface area contributed by atoms with Gasteiger partial charge in [-0.3, -0.25) is 4.90 Å². The van der Waals surface area contributed by atoms with Crippen LogP contribution in [0, 0.1) is 11.3 Å². The molecule has 0 radical (unpaired) electrons. The highest BCUT2D eigenvalue weighted by molar-refractivity contribution is 6.22. The second-order valence-corrected chi connectivity index (χ2v) is 4.17. The van der Waals surface area contributed by atoms with Crippen LogP contribution in [0.2, 0.25) is 0 Å². The lowest BCUT2D eigenvalue weighted by Gasteiger charge is -2.16. The van der Waals surface area contributed by atoms with Crippen molar-refractivity contribution in [3.8, 4) is 11.8 Å². The van der Waals surface area contributed by atoms with Crippen molar-refractivity contribution in [2.45, 2.75) is 11.9 Å². The van der Waals surface area contributed by atoms with Crippen LogP contribution < -0.4 is 4.74 Å². The lowest BCUT2D eigenvalue weighted by Crippen LogP contribution is -2.24. The van der Waals surface area contributed by atoms with Gasteiger partial charge in [0.1, 0.15) is 11.1 Å². The molecule has 0 aromatic heterocycles. The molecule has 1 aromatic rings. The summed E-state index contributed by atoms with van der Waals surface area (Å²) in [7, 11) is 3.59. The Morgan fingerprint density at radius 2 is 2.06 bits per heavy atom. The molecule has 1 unspecified atom stereocenters. The van der Waals surface area contributed by atoms with Gasteiger partial charge < -0.3 is 4.74 Å². The predicted octanol–water partition coefficient (Wildman–Crippen LogP) is 2.26. The topological polar surface area (TPSA) is 36.3 Å². The molecule has 0 saturated carbocycles. The Kier molecular flexibility index (Phi) is 5.10. The lowest BCUT2D eigenvalue weighted by atomic mass is 10.2. The Bertz CT molecular complexity index is 358. The first-order valence-corrected chi connectivity index (χ1v) is 5.44. The summed E-state index contributed by atoms with van der Waals surface area (Å²) in [6.07, 6.45) is 0. The van der Waals surface area contributed by atoms with Crippen LogP contribution in [0.15, 0.2) is 24.3 Å². The van der Waals surface area contributed by atoms with Crippen molar-refractivity contribution in [3.05, 3.63) is 29.8 Å². The molecular formula is C12H15ClN2O. The highest BCUT2D eigenvalue weighted by atomic mass is 35.5. The Balaban J connectivity index is 2.50. The van der Waals surface area contributed by atoms with Crippen molar-refractivity contribution < 1.29 is 4.74 Å². The fourth-order valence-corrected chi connectivity index (χ4v) is 1.66. The summed E-state index contributed by atoms with van der Waals surface area (Å²) in [4.78, 5) is 2.02. The number of hydrogen-bond donors (Lipinski definition) is 0. The number of rotatable bonds is 5. The first-order chi connectivity index (χ1) is 7.65. The number of ether oxygens (including phenoxy) is 1. The number of methoxy groups -OCH3 is 1. The van der Waals surface area contributed by atoms with Crippen LogP contribution >= 0.6 is 11.6 Å². The molecule has 0 amide bonds. The molecule has 3 nitrogen and oxygen atoms in total. The van der Waals surface area contributed by atoms with Crippen LogP contribution in [0.3, 0.4) is 0 Å². The SMILES string of the molecule is COc1ccc(CN(C)CC(Cl)C#N)cc1. The van der Waals surface area contributed by atoms with Crippen LogP contribution in [0.25, 0.3) is 0 Å². The smallest absolute Gasteiger partial charge is 0.133 e. The fourth-order valence-electron chi connectivity index (χ4n) is 1.42. The third-order valence-electron chi connectivity index (χ3n) is 2.22. The fraction of sp³-hybridized carbons (Fsp3) is 0.417. The number of halogens is 1. The number of hydrogen-bond acceptors (Lipinski definition) is 3. The van der Waals surface area contributed by atoms with Crippen molar-refractivity contribution in [2.24, 2.45) is 0 Å². The third-order valence-corrected chi connectivity index (χ3v) is 2.46. The highest BCUT2D eigenvalue weighted by Crippen LogP contribution is 2.12. The molecule has 0 N–H and O–H groups in total. The van der Waals surface area contributed by atoms with Gasteiger partial charge in [-0.05, 0) is 24.7 Å². The minimum atomic E-state index is -0.455. The number of nitrogens with zero attached hydrogens (tertiary/aromatic N) is 2. The van der Waals surface area contributed by atoms with Gasteiger partial charge in [0.25, 0.3) is 0 Å². The van der Waals surface area contributed by atoms with Crippen molar-refractivity contribution in [1.82, 2.24) is 4.90 Å². The van der Waals surface area contributed by atoms with E-state index < -0.39 is 5.38 Å². The number of alkyl halides is 1. The largest absolute Gasteiger partial charge is 0.497 e. The zero-order valence-corrected chi connectivity index (χ0v) is 10.2. The van der Waals surface area contributed by atoms with E-state index in [2.05, 4.69) is 0 Å². The molecule has 0 aliphatic rings. The number of benzene rings is 1. The van der Waals surface area contributed by atoms with E-state index >= 15 is 0 Å². The average molecular weight is 239 g/mol. The zero-order valence-electron chi connectivity index (χ0n) is 9.48. The Morgan fingerprint density at radius 1 is 1.44 bits per heavy atom. The van der Waals surface area contributed by atoms with Gasteiger partial charge in [0.2, 0.25) is 0 Å². The summed E-state index contributed by atoms with van der Waals surface area (Å²) in [5.41, 5.74) is 1.17. The van der Waals surface area contributed by atoms with Crippen LogP contribution in [-0.2, 0) is 6.54 Å². The quantitative estimate of drug-likeness (QED) is 0.739. The van der Waals surface area contributed by atoms with E-state index in [-0.39, 0.29) is 0 Å². The summed E-state index contributed by atoms with van der Waals surface area (Å²) in [6, 6.07) is 9.86. The minimum Gasteiger partial charge on any atom is -0.497 e. The summed E-state index contributed by atoms with van der Waals surface area (Å²) >= 11 is 5.75. The Labute approximate surface area is 101 Å². The molecule has 0 heterocycles. The summed E-state index contributed by atoms with van der Waals surface area (Å²) in [5.74, 6) is 0.846. The van der Waals surface area contributed by atoms with Gasteiger partial charge in [-0.25, -0.2) is 0 Å². The van der Waals surface area contributed by atoms with E-state index in [4.69, 9.17) is 21.6 Å². The van der Waals surface area contributed by atoms with Crippen LogP contribution in [0.1, 0.15) is 5.56 Å². The van der Waals surface area contributed by atoms with Crippen molar-refractivity contribution in [3.63, 3.8) is 0 Å². The maximum atomic E-state index is 8.59. The second kappa shape index (κ2) is 6.37. The zero-order chi connectivity index (χ0) is 12.0. The van der Waals surface area contributed by atoms with Gasteiger partial charge in [-0.2, -0.15) is 5.26 Å². The lowest BCUT2D eigenvalue weighted by molar-refractivity contribution is 0.336. The second-order valence-electron chi connectivity index (χ2n) is 3.64. The predicted molar refractivity (Wildman–Crippen MR) is 64.6 cm³/mol. The molecule has 4 heteroatoms. The molecule has 16 heavy (non-hydrogen) atoms. The summed E-state index contributed by atoms with van der Waals surface area (Å²) < 4.78 is 5.08. The Morgan fingerprint density at radius 3 is 2.56 bits per heavy atom. The molecule has 0 spiro atoms. The van der Waals surface area contributed by atoms with E-state index in [1.807, 2.05) is 42.3 Å². The molecular weight excluding hydrogens is 224 g/mol. The van der Waals surface area contributed by atoms with Gasteiger partial charge in [-0.1, -0.05) is 12.1 Å². The van der Waals surface area contributed by atoms with E-state index in [1.54, 1.807) is 7.11 Å². The van der Waals surface area contributed by atoms with Crippen LogP contribution in [0.4, 0.5) is 0 Å². The van der Waals surface area contributed by atoms with Crippen molar-refractivity contribution in [1.29, 1.82) is 5.26 Å². The first kappa shape index (κ1) is 12.8. The maximum absolute atomic E-state index is 8.59. The van der Waals surface area contributed by atoms with Gasteiger partial charge >= 0.3 is 0 Å². The summed E-state index contributed by atoms with van der Waals surface area (Å²) in [6.45, 7) is 1.33. The Hall–Kier alpha value is -1.24. The third kappa shape index (κ3) is 4.09. The molecule has 0 bridgehead atoms. The first-order valence-electron chi connectivity index (χ1n) is 5.01. The summed E-state index contributed by atoms with van der Waals surface area (Å²) in [5, 5.41) is 8.14. The molecule has 86 valence electrons. The maximum Gasteiger partial charge on any atom is 0.133 e. The van der Waals surface area contributed by atoms with Crippen LogP contribution in [0.5, 0.6) is 5.75 Å². The number of nitriles is 1. The van der Waals surface area contributed by atoms with E-state index in [0.29, 0.717) is 6.54 Å². The van der Waals surface area contributed by atoms with E-state index in [0.717, 1.165) is 12.3 Å². The average Bonchev–Trinajstić information content (AvgIpc) is 2.29. The van der Waals surface area contributed by atoms with E-state index in [1.165, 1.54) is 5.56 Å². The van der Waals surface area contributed by atoms with E-state index in [9.17, 15) is 0 Å². The normalized spacial score (nSPS) is 12.2. The van der Waals surface area contributed by atoms with Gasteiger partial charge in [0, 0.05) is 13.1 Å². The molecule has 0 aliphatic carbocycles. The molecule has 0 saturated heterocycles. The monoisotopic (exact) mass is 238 g/mol. The van der Waals surface area contributed by atoms with Crippen molar-refractivity contribution >= 4 is 11.6 Å². The standard InChI is InChI=1S/C12H15ClN2O/c1-15(9-11(13)7-14)8-10-3-5-12(16-2)6-4-10/h3-6,11H,8-9H2,1-2H3. The van der Waals surface area contributed by atoms with Gasteiger partial charge in [0.15, 0.2) is 0 Å². The molecule has 1 aromatic carbocycles. The van der Waals surface area contributed by atoms with Crippen LogP contribution in [-0.4, -0.2) is 31.0 Å². The highest BCUT2D eigenvalue weighted by Gasteiger charge is 2.07. The van der Waals surface area contributed by atoms with Gasteiger partial charge in [0.05, 0.1) is 13.2 Å². The van der Waals surface area contributed by atoms with Crippen molar-refractivity contribution in [2.75, 3.05) is 20.7 Å². The molecule has 1 rings (SSSR count). The molecule has 1 atom stereocenters. The minimum absolute atomic E-state index is 0.455. The van der Waals surface area contributed by atoms with Gasteiger partial charge in [-0.15, -0.1) is 11.6 Å². The molecule has 0 fully saturated rings.